The van der Waals surface area contributed by atoms with E-state index in [4.69, 9.17) is 50.0 Å². The molecule has 2 aromatic rings. The lowest BCUT2D eigenvalue weighted by molar-refractivity contribution is -0.137. The average Bonchev–Trinajstić information content (AvgIpc) is 3.18. The monoisotopic (exact) mass is 608 g/mol. The summed E-state index contributed by atoms with van der Waals surface area (Å²) in [4.78, 5) is 28.4. The molecule has 0 unspecified atom stereocenters. The van der Waals surface area contributed by atoms with Crippen molar-refractivity contribution < 1.29 is 24.2 Å². The third-order valence-electron chi connectivity index (χ3n) is 6.45. The Morgan fingerprint density at radius 3 is 2.67 bits per heavy atom. The maximum atomic E-state index is 13.2. The molecule has 0 bridgehead atoms. The summed E-state index contributed by atoms with van der Waals surface area (Å²) in [7, 11) is 0. The van der Waals surface area contributed by atoms with E-state index >= 15 is 0 Å². The van der Waals surface area contributed by atoms with Crippen molar-refractivity contribution in [2.24, 2.45) is 0 Å². The van der Waals surface area contributed by atoms with Gasteiger partial charge in [-0.1, -0.05) is 59.7 Å². The molecule has 39 heavy (non-hydrogen) atoms. The number of thiocarbonyl (C=S) groups is 1. The number of carboxylic acid groups (broad SMARTS) is 1. The van der Waals surface area contributed by atoms with Crippen LogP contribution in [0.1, 0.15) is 31.2 Å². The van der Waals surface area contributed by atoms with E-state index in [1.807, 2.05) is 30.3 Å². The van der Waals surface area contributed by atoms with E-state index in [0.717, 1.165) is 49.5 Å². The quantitative estimate of drug-likeness (QED) is 0.173. The Morgan fingerprint density at radius 2 is 1.90 bits per heavy atom. The zero-order valence-electron chi connectivity index (χ0n) is 21.4. The van der Waals surface area contributed by atoms with Crippen LogP contribution in [0.4, 0.5) is 0 Å². The fourth-order valence-corrected chi connectivity index (χ4v) is 6.04. The second-order valence-corrected chi connectivity index (χ2v) is 11.7. The molecule has 0 aliphatic carbocycles. The number of morpholine rings is 1. The topological polar surface area (TPSA) is 79.3 Å². The van der Waals surface area contributed by atoms with Gasteiger partial charge in [0.2, 0.25) is 0 Å². The summed E-state index contributed by atoms with van der Waals surface area (Å²) in [5.41, 5.74) is 2.38. The zero-order valence-corrected chi connectivity index (χ0v) is 24.5. The van der Waals surface area contributed by atoms with E-state index in [-0.39, 0.29) is 12.3 Å². The second kappa shape index (κ2) is 14.5. The predicted molar refractivity (Wildman–Crippen MR) is 161 cm³/mol. The molecule has 0 radical (unpaired) electrons. The molecule has 4 rings (SSSR count). The van der Waals surface area contributed by atoms with Crippen molar-refractivity contribution in [3.8, 4) is 16.9 Å². The number of hydrogen-bond donors (Lipinski definition) is 1. The van der Waals surface area contributed by atoms with E-state index in [1.165, 1.54) is 11.8 Å². The van der Waals surface area contributed by atoms with Crippen LogP contribution in [0.25, 0.3) is 17.2 Å². The van der Waals surface area contributed by atoms with Gasteiger partial charge in [-0.25, -0.2) is 0 Å². The van der Waals surface area contributed by atoms with Crippen molar-refractivity contribution in [3.63, 3.8) is 0 Å². The molecule has 2 saturated heterocycles. The van der Waals surface area contributed by atoms with Crippen molar-refractivity contribution in [2.45, 2.75) is 25.7 Å². The zero-order chi connectivity index (χ0) is 27.8. The van der Waals surface area contributed by atoms with Crippen LogP contribution in [0.2, 0.25) is 10.0 Å². The highest BCUT2D eigenvalue weighted by molar-refractivity contribution is 8.26. The molecule has 2 fully saturated rings. The maximum Gasteiger partial charge on any atom is 0.303 e. The summed E-state index contributed by atoms with van der Waals surface area (Å²) >= 11 is 19.5. The Bertz CT molecular complexity index is 1250. The Kier molecular flexibility index (Phi) is 11.1. The molecule has 2 aromatic carbocycles. The maximum absolute atomic E-state index is 13.2. The van der Waals surface area contributed by atoms with Gasteiger partial charge in [0.1, 0.15) is 16.7 Å². The molecule has 1 N–H and O–H groups in total. The molecular weight excluding hydrogens is 579 g/mol. The molecule has 208 valence electrons. The molecule has 7 nitrogen and oxygen atoms in total. The van der Waals surface area contributed by atoms with Crippen molar-refractivity contribution in [1.29, 1.82) is 0 Å². The van der Waals surface area contributed by atoms with Gasteiger partial charge in [0.25, 0.3) is 5.91 Å². The van der Waals surface area contributed by atoms with E-state index in [0.29, 0.717) is 57.4 Å². The number of hydrogen-bond acceptors (Lipinski definition) is 7. The Balaban J connectivity index is 1.53. The SMILES string of the molecule is O=C(O)CCCCCN1C(=O)/C(=C/c2cc(-c3cc(Cl)ccc3Cl)ccc2OCCN2CCOCC2)SC1=S. The van der Waals surface area contributed by atoms with Crippen molar-refractivity contribution in [3.05, 3.63) is 56.9 Å². The number of halogens is 2. The number of carbonyl (C=O) groups is 2. The first-order valence-corrected chi connectivity index (χ1v) is 14.8. The predicted octanol–water partition coefficient (Wildman–Crippen LogP) is 6.22. The highest BCUT2D eigenvalue weighted by Gasteiger charge is 2.31. The van der Waals surface area contributed by atoms with E-state index < -0.39 is 5.97 Å². The Hall–Kier alpha value is -2.14. The van der Waals surface area contributed by atoms with Gasteiger partial charge in [0.05, 0.1) is 18.1 Å². The first-order chi connectivity index (χ1) is 18.8. The fraction of sp³-hybridized carbons (Fsp3) is 0.393. The van der Waals surface area contributed by atoms with Crippen LogP contribution in [0, 0.1) is 0 Å². The van der Waals surface area contributed by atoms with Gasteiger partial charge in [0, 0.05) is 53.8 Å². The molecule has 1 amide bonds. The number of unbranched alkanes of at least 4 members (excludes halogenated alkanes) is 2. The number of carboxylic acids is 1. The van der Waals surface area contributed by atoms with Gasteiger partial charge in [-0.2, -0.15) is 0 Å². The van der Waals surface area contributed by atoms with Crippen LogP contribution in [-0.2, 0) is 14.3 Å². The highest BCUT2D eigenvalue weighted by Crippen LogP contribution is 2.37. The summed E-state index contributed by atoms with van der Waals surface area (Å²) in [6, 6.07) is 11.1. The summed E-state index contributed by atoms with van der Waals surface area (Å²) < 4.78 is 12.1. The third kappa shape index (κ3) is 8.42. The Labute approximate surface area is 248 Å². The largest absolute Gasteiger partial charge is 0.492 e. The number of amides is 1. The fourth-order valence-electron chi connectivity index (χ4n) is 4.35. The lowest BCUT2D eigenvalue weighted by atomic mass is 10.0. The molecule has 0 atom stereocenters. The van der Waals surface area contributed by atoms with Gasteiger partial charge in [-0.15, -0.1) is 0 Å². The van der Waals surface area contributed by atoms with Gasteiger partial charge >= 0.3 is 5.97 Å². The molecule has 11 heteroatoms. The van der Waals surface area contributed by atoms with Crippen LogP contribution in [0.3, 0.4) is 0 Å². The molecule has 0 spiro atoms. The van der Waals surface area contributed by atoms with Crippen molar-refractivity contribution in [2.75, 3.05) is 46.0 Å². The number of rotatable bonds is 12. The van der Waals surface area contributed by atoms with Crippen molar-refractivity contribution >= 4 is 69.5 Å². The van der Waals surface area contributed by atoms with E-state index in [9.17, 15) is 9.59 Å². The minimum absolute atomic E-state index is 0.125. The van der Waals surface area contributed by atoms with Crippen LogP contribution >= 0.6 is 47.2 Å². The van der Waals surface area contributed by atoms with Gasteiger partial charge < -0.3 is 14.6 Å². The Morgan fingerprint density at radius 1 is 1.10 bits per heavy atom. The van der Waals surface area contributed by atoms with Crippen molar-refractivity contribution in [1.82, 2.24) is 9.80 Å². The molecular formula is C28H30Cl2N2O5S2. The van der Waals surface area contributed by atoms with E-state index in [2.05, 4.69) is 4.90 Å². The highest BCUT2D eigenvalue weighted by atomic mass is 35.5. The molecule has 2 aliphatic heterocycles. The average molecular weight is 610 g/mol. The molecule has 2 aliphatic rings. The number of nitrogens with zero attached hydrogens (tertiary/aromatic N) is 2. The minimum Gasteiger partial charge on any atom is -0.492 e. The summed E-state index contributed by atoms with van der Waals surface area (Å²) in [6.07, 6.45) is 3.91. The smallest absolute Gasteiger partial charge is 0.303 e. The first-order valence-electron chi connectivity index (χ1n) is 12.8. The number of aliphatic carboxylic acids is 1. The summed E-state index contributed by atoms with van der Waals surface area (Å²) in [5.74, 6) is -0.314. The molecule has 0 saturated carbocycles. The first kappa shape index (κ1) is 29.8. The minimum atomic E-state index is -0.812. The number of thioether (sulfide) groups is 1. The summed E-state index contributed by atoms with van der Waals surface area (Å²) in [6.45, 7) is 4.93. The van der Waals surface area contributed by atoms with Gasteiger partial charge in [-0.05, 0) is 54.8 Å². The molecule has 2 heterocycles. The van der Waals surface area contributed by atoms with E-state index in [1.54, 1.807) is 17.0 Å². The van der Waals surface area contributed by atoms with Crippen LogP contribution in [-0.4, -0.2) is 77.1 Å². The summed E-state index contributed by atoms with van der Waals surface area (Å²) in [5, 5.41) is 9.96. The van der Waals surface area contributed by atoms with Gasteiger partial charge in [-0.3, -0.25) is 19.4 Å². The second-order valence-electron chi connectivity index (χ2n) is 9.22. The lowest BCUT2D eigenvalue weighted by Crippen LogP contribution is -2.38. The number of benzene rings is 2. The van der Waals surface area contributed by atoms with Gasteiger partial charge in [0.15, 0.2) is 0 Å². The third-order valence-corrected chi connectivity index (χ3v) is 8.39. The lowest BCUT2D eigenvalue weighted by Gasteiger charge is -2.26. The molecule has 0 aromatic heterocycles. The van der Waals surface area contributed by atoms with Crippen LogP contribution < -0.4 is 4.74 Å². The standard InChI is InChI=1S/C28H30Cl2N2O5S2/c29-21-6-7-23(30)22(18-21)19-5-8-24(37-15-12-31-10-13-36-14-11-31)20(16-19)17-25-27(35)32(28(38)39-25)9-3-1-2-4-26(33)34/h5-8,16-18H,1-4,9-15H2,(H,33,34)/b25-17-. The van der Waals surface area contributed by atoms with Crippen LogP contribution in [0.15, 0.2) is 41.3 Å². The normalized spacial score (nSPS) is 17.3. The number of ether oxygens (including phenoxy) is 2. The van der Waals surface area contributed by atoms with Crippen LogP contribution in [0.5, 0.6) is 5.75 Å². The number of carbonyl (C=O) groups excluding carboxylic acids is 1.